The van der Waals surface area contributed by atoms with Gasteiger partial charge in [0.15, 0.2) is 0 Å². The molecule has 2 atom stereocenters. The Bertz CT molecular complexity index is 387. The van der Waals surface area contributed by atoms with Crippen LogP contribution in [0.25, 0.3) is 0 Å². The fourth-order valence-electron chi connectivity index (χ4n) is 3.41. The molecule has 2 aliphatic heterocycles. The maximum Gasteiger partial charge on any atom is 0.0522 e. The second kappa shape index (κ2) is 5.41. The van der Waals surface area contributed by atoms with Crippen LogP contribution in [-0.4, -0.2) is 46.9 Å². The Kier molecular flexibility index (Phi) is 3.66. The summed E-state index contributed by atoms with van der Waals surface area (Å²) in [5.74, 6) is 0.890. The van der Waals surface area contributed by atoms with Crippen LogP contribution in [0.2, 0.25) is 0 Å². The molecular weight excluding hydrogens is 224 g/mol. The highest BCUT2D eigenvalue weighted by Gasteiger charge is 2.30. The summed E-state index contributed by atoms with van der Waals surface area (Å²) in [6.45, 7) is 4.97. The van der Waals surface area contributed by atoms with Gasteiger partial charge in [-0.15, -0.1) is 0 Å². The van der Waals surface area contributed by atoms with Crippen molar-refractivity contribution in [1.29, 1.82) is 0 Å². The fourth-order valence-corrected chi connectivity index (χ4v) is 3.41. The Morgan fingerprint density at radius 3 is 3.22 bits per heavy atom. The van der Waals surface area contributed by atoms with Crippen LogP contribution in [0.1, 0.15) is 24.8 Å². The van der Waals surface area contributed by atoms with E-state index in [1.54, 1.807) is 0 Å². The SMILES string of the molecule is Cn1cc(CCN2CCC3NCCCC3C2)cn1. The third-order valence-corrected chi connectivity index (χ3v) is 4.45. The second-order valence-electron chi connectivity index (χ2n) is 5.82. The van der Waals surface area contributed by atoms with E-state index < -0.39 is 0 Å². The average molecular weight is 248 g/mol. The largest absolute Gasteiger partial charge is 0.314 e. The van der Waals surface area contributed by atoms with Gasteiger partial charge in [-0.05, 0) is 50.3 Å². The summed E-state index contributed by atoms with van der Waals surface area (Å²) in [4.78, 5) is 2.64. The minimum absolute atomic E-state index is 0.799. The van der Waals surface area contributed by atoms with E-state index in [9.17, 15) is 0 Å². The normalized spacial score (nSPS) is 29.2. The zero-order valence-corrected chi connectivity index (χ0v) is 11.3. The van der Waals surface area contributed by atoms with Gasteiger partial charge in [-0.2, -0.15) is 5.10 Å². The van der Waals surface area contributed by atoms with Crippen LogP contribution in [0.4, 0.5) is 0 Å². The molecule has 2 saturated heterocycles. The van der Waals surface area contributed by atoms with Crippen LogP contribution in [0, 0.1) is 5.92 Å². The van der Waals surface area contributed by atoms with Gasteiger partial charge in [0.05, 0.1) is 6.20 Å². The van der Waals surface area contributed by atoms with E-state index in [-0.39, 0.29) is 0 Å². The Balaban J connectivity index is 1.49. The first kappa shape index (κ1) is 12.2. The maximum absolute atomic E-state index is 4.23. The number of likely N-dealkylation sites (tertiary alicyclic amines) is 1. The van der Waals surface area contributed by atoms with Crippen molar-refractivity contribution in [2.24, 2.45) is 13.0 Å². The highest BCUT2D eigenvalue weighted by Crippen LogP contribution is 2.24. The molecule has 4 nitrogen and oxygen atoms in total. The third-order valence-electron chi connectivity index (χ3n) is 4.45. The second-order valence-corrected chi connectivity index (χ2v) is 5.82. The van der Waals surface area contributed by atoms with Crippen LogP contribution >= 0.6 is 0 Å². The molecule has 0 radical (unpaired) electrons. The van der Waals surface area contributed by atoms with E-state index in [0.29, 0.717) is 0 Å². The smallest absolute Gasteiger partial charge is 0.0522 e. The molecule has 1 aromatic rings. The number of hydrogen-bond acceptors (Lipinski definition) is 3. The summed E-state index contributed by atoms with van der Waals surface area (Å²) < 4.78 is 1.90. The lowest BCUT2D eigenvalue weighted by atomic mass is 9.85. The summed E-state index contributed by atoms with van der Waals surface area (Å²) in [6.07, 6.45) is 9.37. The molecule has 0 bridgehead atoms. The lowest BCUT2D eigenvalue weighted by Gasteiger charge is -2.41. The molecule has 2 fully saturated rings. The number of piperidine rings is 2. The zero-order valence-electron chi connectivity index (χ0n) is 11.3. The van der Waals surface area contributed by atoms with Gasteiger partial charge in [-0.3, -0.25) is 4.68 Å². The molecule has 2 unspecified atom stereocenters. The summed E-state index contributed by atoms with van der Waals surface area (Å²) in [6, 6.07) is 0.799. The molecule has 18 heavy (non-hydrogen) atoms. The molecule has 3 heterocycles. The molecular formula is C14H24N4. The van der Waals surface area contributed by atoms with E-state index in [1.165, 1.54) is 51.0 Å². The number of nitrogens with zero attached hydrogens (tertiary/aromatic N) is 3. The predicted octanol–water partition coefficient (Wildman–Crippen LogP) is 1.04. The van der Waals surface area contributed by atoms with Crippen molar-refractivity contribution in [2.45, 2.75) is 31.7 Å². The predicted molar refractivity (Wildman–Crippen MR) is 72.5 cm³/mol. The lowest BCUT2D eigenvalue weighted by molar-refractivity contribution is 0.115. The van der Waals surface area contributed by atoms with Crippen molar-refractivity contribution in [3.8, 4) is 0 Å². The molecule has 0 aliphatic carbocycles. The molecule has 1 N–H and O–H groups in total. The molecule has 0 amide bonds. The van der Waals surface area contributed by atoms with Crippen molar-refractivity contribution in [3.05, 3.63) is 18.0 Å². The number of rotatable bonds is 3. The Morgan fingerprint density at radius 2 is 2.39 bits per heavy atom. The quantitative estimate of drug-likeness (QED) is 0.867. The third kappa shape index (κ3) is 2.75. The summed E-state index contributed by atoms with van der Waals surface area (Å²) >= 11 is 0. The van der Waals surface area contributed by atoms with E-state index in [4.69, 9.17) is 0 Å². The van der Waals surface area contributed by atoms with Gasteiger partial charge in [-0.1, -0.05) is 0 Å². The number of aryl methyl sites for hydroxylation is 1. The highest BCUT2D eigenvalue weighted by atomic mass is 15.2. The maximum atomic E-state index is 4.23. The van der Waals surface area contributed by atoms with Gasteiger partial charge in [0.2, 0.25) is 0 Å². The molecule has 2 aliphatic rings. The molecule has 1 aromatic heterocycles. The minimum atomic E-state index is 0.799. The number of hydrogen-bond donors (Lipinski definition) is 1. The summed E-state index contributed by atoms with van der Waals surface area (Å²) in [5, 5.41) is 7.91. The molecule has 4 heteroatoms. The summed E-state index contributed by atoms with van der Waals surface area (Å²) in [5.41, 5.74) is 1.36. The first-order valence-electron chi connectivity index (χ1n) is 7.24. The van der Waals surface area contributed by atoms with Crippen LogP contribution in [0.3, 0.4) is 0 Å². The molecule has 3 rings (SSSR count). The number of nitrogens with one attached hydrogen (secondary N) is 1. The van der Waals surface area contributed by atoms with Crippen LogP contribution in [-0.2, 0) is 13.5 Å². The van der Waals surface area contributed by atoms with Crippen molar-refractivity contribution >= 4 is 0 Å². The van der Waals surface area contributed by atoms with Crippen molar-refractivity contribution < 1.29 is 0 Å². The topological polar surface area (TPSA) is 33.1 Å². The first-order valence-corrected chi connectivity index (χ1v) is 7.24. The van der Waals surface area contributed by atoms with Crippen LogP contribution in [0.5, 0.6) is 0 Å². The van der Waals surface area contributed by atoms with Crippen LogP contribution in [0.15, 0.2) is 12.4 Å². The monoisotopic (exact) mass is 248 g/mol. The Hall–Kier alpha value is -0.870. The van der Waals surface area contributed by atoms with Crippen LogP contribution < -0.4 is 5.32 Å². The lowest BCUT2D eigenvalue weighted by Crippen LogP contribution is -2.52. The molecule has 0 saturated carbocycles. The minimum Gasteiger partial charge on any atom is -0.314 e. The fraction of sp³-hybridized carbons (Fsp3) is 0.786. The van der Waals surface area contributed by atoms with Gasteiger partial charge >= 0.3 is 0 Å². The number of fused-ring (bicyclic) bond motifs is 1. The molecule has 0 aromatic carbocycles. The van der Waals surface area contributed by atoms with E-state index >= 15 is 0 Å². The Morgan fingerprint density at radius 1 is 1.44 bits per heavy atom. The highest BCUT2D eigenvalue weighted by molar-refractivity contribution is 5.04. The molecule has 0 spiro atoms. The standard InChI is InChI=1S/C14H24N4/c1-17-10-12(9-16-17)4-7-18-8-5-14-13(11-18)3-2-6-15-14/h9-10,13-15H,2-8,11H2,1H3. The zero-order chi connectivity index (χ0) is 12.4. The van der Waals surface area contributed by atoms with Crippen molar-refractivity contribution in [3.63, 3.8) is 0 Å². The van der Waals surface area contributed by atoms with Crippen molar-refractivity contribution in [2.75, 3.05) is 26.2 Å². The van der Waals surface area contributed by atoms with Gasteiger partial charge in [0.25, 0.3) is 0 Å². The van der Waals surface area contributed by atoms with E-state index in [1.807, 2.05) is 17.9 Å². The summed E-state index contributed by atoms with van der Waals surface area (Å²) in [7, 11) is 1.99. The average Bonchev–Trinajstić information content (AvgIpc) is 2.82. The van der Waals surface area contributed by atoms with E-state index in [2.05, 4.69) is 21.5 Å². The van der Waals surface area contributed by atoms with Crippen molar-refractivity contribution in [1.82, 2.24) is 20.0 Å². The van der Waals surface area contributed by atoms with Gasteiger partial charge in [0.1, 0.15) is 0 Å². The Labute approximate surface area is 109 Å². The molecule has 100 valence electrons. The van der Waals surface area contributed by atoms with Gasteiger partial charge < -0.3 is 10.2 Å². The van der Waals surface area contributed by atoms with E-state index in [0.717, 1.165) is 18.4 Å². The van der Waals surface area contributed by atoms with Gasteiger partial charge in [0, 0.05) is 32.4 Å². The first-order chi connectivity index (χ1) is 8.81. The number of aromatic nitrogens is 2. The van der Waals surface area contributed by atoms with Gasteiger partial charge in [-0.25, -0.2) is 0 Å².